The van der Waals surface area contributed by atoms with E-state index in [-0.39, 0.29) is 0 Å². The molecular formula is C11H13NO4. The highest BCUT2D eigenvalue weighted by Gasteiger charge is 2.12. The summed E-state index contributed by atoms with van der Waals surface area (Å²) in [5, 5.41) is 3.61. The van der Waals surface area contributed by atoms with Crippen molar-refractivity contribution in [1.82, 2.24) is 0 Å². The molecule has 1 aromatic rings. The maximum atomic E-state index is 11.4. The van der Waals surface area contributed by atoms with Crippen LogP contribution in [0.4, 0.5) is 0 Å². The van der Waals surface area contributed by atoms with Gasteiger partial charge in [-0.25, -0.2) is 4.79 Å². The third-order valence-corrected chi connectivity index (χ3v) is 1.94. The summed E-state index contributed by atoms with van der Waals surface area (Å²) >= 11 is 0. The summed E-state index contributed by atoms with van der Waals surface area (Å²) in [6.45, 7) is 0. The van der Waals surface area contributed by atoms with E-state index in [1.807, 2.05) is 0 Å². The van der Waals surface area contributed by atoms with Gasteiger partial charge in [0.15, 0.2) is 0 Å². The SMILES string of the molecule is CO/N=C\c1ccc(OC)c(C(=O)OC)c1. The average molecular weight is 223 g/mol. The molecule has 0 heterocycles. The highest BCUT2D eigenvalue weighted by Crippen LogP contribution is 2.20. The molecule has 1 rings (SSSR count). The molecular weight excluding hydrogens is 210 g/mol. The fourth-order valence-electron chi connectivity index (χ4n) is 1.19. The van der Waals surface area contributed by atoms with Crippen LogP contribution in [0.1, 0.15) is 15.9 Å². The predicted molar refractivity (Wildman–Crippen MR) is 58.9 cm³/mol. The van der Waals surface area contributed by atoms with Gasteiger partial charge < -0.3 is 14.3 Å². The fraction of sp³-hybridized carbons (Fsp3) is 0.273. The molecule has 0 aromatic heterocycles. The van der Waals surface area contributed by atoms with Crippen LogP contribution in [0.5, 0.6) is 5.75 Å². The van der Waals surface area contributed by atoms with Gasteiger partial charge in [-0.3, -0.25) is 0 Å². The smallest absolute Gasteiger partial charge is 0.341 e. The molecule has 0 fully saturated rings. The van der Waals surface area contributed by atoms with Crippen LogP contribution in [0.15, 0.2) is 23.4 Å². The second-order valence-electron chi connectivity index (χ2n) is 2.87. The van der Waals surface area contributed by atoms with Crippen molar-refractivity contribution in [3.05, 3.63) is 29.3 Å². The largest absolute Gasteiger partial charge is 0.496 e. The van der Waals surface area contributed by atoms with Gasteiger partial charge in [0, 0.05) is 0 Å². The number of nitrogens with zero attached hydrogens (tertiary/aromatic N) is 1. The molecule has 0 atom stereocenters. The van der Waals surface area contributed by atoms with E-state index in [0.29, 0.717) is 11.3 Å². The van der Waals surface area contributed by atoms with Gasteiger partial charge in [-0.2, -0.15) is 0 Å². The van der Waals surface area contributed by atoms with Crippen molar-refractivity contribution >= 4 is 12.2 Å². The molecule has 0 amide bonds. The second-order valence-corrected chi connectivity index (χ2v) is 2.87. The van der Waals surface area contributed by atoms with Crippen molar-refractivity contribution in [2.75, 3.05) is 21.3 Å². The van der Waals surface area contributed by atoms with E-state index in [1.165, 1.54) is 27.5 Å². The number of esters is 1. The molecule has 0 spiro atoms. The standard InChI is InChI=1S/C11H13NO4/c1-14-10-5-4-8(7-12-16-3)6-9(10)11(13)15-2/h4-7H,1-3H3/b12-7-. The Labute approximate surface area is 93.6 Å². The Kier molecular flexibility index (Phi) is 4.32. The van der Waals surface area contributed by atoms with Crippen molar-refractivity contribution < 1.29 is 19.1 Å². The van der Waals surface area contributed by atoms with E-state index in [1.54, 1.807) is 18.2 Å². The Morgan fingerprint density at radius 2 is 2.06 bits per heavy atom. The van der Waals surface area contributed by atoms with E-state index >= 15 is 0 Å². The quantitative estimate of drug-likeness (QED) is 0.440. The summed E-state index contributed by atoms with van der Waals surface area (Å²) in [6, 6.07) is 5.05. The maximum Gasteiger partial charge on any atom is 0.341 e. The summed E-state index contributed by atoms with van der Waals surface area (Å²) in [4.78, 5) is 16.0. The minimum atomic E-state index is -0.454. The number of oxime groups is 1. The molecule has 0 N–H and O–H groups in total. The summed E-state index contributed by atoms with van der Waals surface area (Å²) in [5.41, 5.74) is 1.08. The molecule has 16 heavy (non-hydrogen) atoms. The molecule has 1 aromatic carbocycles. The Morgan fingerprint density at radius 1 is 1.31 bits per heavy atom. The van der Waals surface area contributed by atoms with Crippen LogP contribution < -0.4 is 4.74 Å². The van der Waals surface area contributed by atoms with Gasteiger partial charge in [0.1, 0.15) is 18.4 Å². The molecule has 0 bridgehead atoms. The van der Waals surface area contributed by atoms with Gasteiger partial charge in [-0.15, -0.1) is 0 Å². The van der Waals surface area contributed by atoms with E-state index in [0.717, 1.165) is 5.56 Å². The number of hydrogen-bond donors (Lipinski definition) is 0. The number of carbonyl (C=O) groups is 1. The normalized spacial score (nSPS) is 10.2. The van der Waals surface area contributed by atoms with Crippen molar-refractivity contribution in [1.29, 1.82) is 0 Å². The lowest BCUT2D eigenvalue weighted by Crippen LogP contribution is -2.04. The Hall–Kier alpha value is -2.04. The first kappa shape index (κ1) is 12.0. The van der Waals surface area contributed by atoms with Crippen molar-refractivity contribution in [2.45, 2.75) is 0 Å². The summed E-state index contributed by atoms with van der Waals surface area (Å²) in [7, 11) is 4.25. The summed E-state index contributed by atoms with van der Waals surface area (Å²) in [5.74, 6) is 0.00549. The van der Waals surface area contributed by atoms with Crippen molar-refractivity contribution in [3.63, 3.8) is 0 Å². The number of methoxy groups -OCH3 is 2. The molecule has 0 aliphatic rings. The fourth-order valence-corrected chi connectivity index (χ4v) is 1.19. The third kappa shape index (κ3) is 2.73. The predicted octanol–water partition coefficient (Wildman–Crippen LogP) is 1.46. The Bertz CT molecular complexity index is 401. The van der Waals surface area contributed by atoms with Gasteiger partial charge in [-0.05, 0) is 23.8 Å². The van der Waals surface area contributed by atoms with E-state index in [9.17, 15) is 4.79 Å². The van der Waals surface area contributed by atoms with Crippen LogP contribution in [0, 0.1) is 0 Å². The van der Waals surface area contributed by atoms with Gasteiger partial charge in [-0.1, -0.05) is 5.16 Å². The molecule has 0 unspecified atom stereocenters. The topological polar surface area (TPSA) is 57.1 Å². The Balaban J connectivity index is 3.10. The van der Waals surface area contributed by atoms with Crippen LogP contribution >= 0.6 is 0 Å². The van der Waals surface area contributed by atoms with E-state index < -0.39 is 5.97 Å². The monoisotopic (exact) mass is 223 g/mol. The lowest BCUT2D eigenvalue weighted by Gasteiger charge is -2.06. The number of carbonyl (C=O) groups excluding carboxylic acids is 1. The van der Waals surface area contributed by atoms with E-state index in [4.69, 9.17) is 4.74 Å². The van der Waals surface area contributed by atoms with Crippen LogP contribution in [0.3, 0.4) is 0 Å². The second kappa shape index (κ2) is 5.75. The molecule has 5 nitrogen and oxygen atoms in total. The van der Waals surface area contributed by atoms with Crippen LogP contribution in [-0.4, -0.2) is 33.5 Å². The molecule has 0 radical (unpaired) electrons. The van der Waals surface area contributed by atoms with E-state index in [2.05, 4.69) is 14.7 Å². The first-order valence-electron chi connectivity index (χ1n) is 4.55. The molecule has 5 heteroatoms. The lowest BCUT2D eigenvalue weighted by molar-refractivity contribution is 0.0597. The zero-order valence-electron chi connectivity index (χ0n) is 9.39. The van der Waals surface area contributed by atoms with Crippen LogP contribution in [0.2, 0.25) is 0 Å². The highest BCUT2D eigenvalue weighted by molar-refractivity contribution is 5.95. The minimum Gasteiger partial charge on any atom is -0.496 e. The lowest BCUT2D eigenvalue weighted by atomic mass is 10.1. The molecule has 0 aliphatic carbocycles. The van der Waals surface area contributed by atoms with Crippen molar-refractivity contribution in [3.8, 4) is 5.75 Å². The zero-order valence-corrected chi connectivity index (χ0v) is 9.39. The van der Waals surface area contributed by atoms with Crippen LogP contribution in [-0.2, 0) is 9.57 Å². The van der Waals surface area contributed by atoms with Gasteiger partial charge in [0.25, 0.3) is 0 Å². The Morgan fingerprint density at radius 3 is 2.62 bits per heavy atom. The number of rotatable bonds is 4. The van der Waals surface area contributed by atoms with Gasteiger partial charge in [0.05, 0.1) is 20.4 Å². The average Bonchev–Trinajstić information content (AvgIpc) is 2.35. The first-order valence-corrected chi connectivity index (χ1v) is 4.55. The molecule has 86 valence electrons. The number of ether oxygens (including phenoxy) is 2. The maximum absolute atomic E-state index is 11.4. The van der Waals surface area contributed by atoms with Crippen molar-refractivity contribution in [2.24, 2.45) is 5.16 Å². The summed E-state index contributed by atoms with van der Waals surface area (Å²) < 4.78 is 9.69. The first-order chi connectivity index (χ1) is 7.72. The zero-order chi connectivity index (χ0) is 12.0. The number of hydrogen-bond acceptors (Lipinski definition) is 5. The third-order valence-electron chi connectivity index (χ3n) is 1.94. The van der Waals surface area contributed by atoms with Gasteiger partial charge >= 0.3 is 5.97 Å². The minimum absolute atomic E-state index is 0.352. The summed E-state index contributed by atoms with van der Waals surface area (Å²) in [6.07, 6.45) is 1.49. The highest BCUT2D eigenvalue weighted by atomic mass is 16.6. The molecule has 0 saturated carbocycles. The molecule has 0 aliphatic heterocycles. The molecule has 0 saturated heterocycles. The van der Waals surface area contributed by atoms with Gasteiger partial charge in [0.2, 0.25) is 0 Å². The number of benzene rings is 1. The van der Waals surface area contributed by atoms with Crippen LogP contribution in [0.25, 0.3) is 0 Å².